The molecular weight excluding hydrogens is 308 g/mol. The van der Waals surface area contributed by atoms with Crippen molar-refractivity contribution in [1.82, 2.24) is 15.1 Å². The van der Waals surface area contributed by atoms with E-state index in [0.717, 1.165) is 5.56 Å². The number of carbonyl (C=O) groups is 2. The second kappa shape index (κ2) is 7.48. The SMILES string of the molecule is O=C(NC(CC(F)F)C(=O)O)c1ccc(Cn2cccn2)cc1. The quantitative estimate of drug-likeness (QED) is 0.813. The fraction of sp³-hybridized carbons (Fsp3) is 0.267. The van der Waals surface area contributed by atoms with Gasteiger partial charge in [-0.05, 0) is 23.8 Å². The Balaban J connectivity index is 2.00. The van der Waals surface area contributed by atoms with E-state index in [9.17, 15) is 18.4 Å². The van der Waals surface area contributed by atoms with Gasteiger partial charge in [0.15, 0.2) is 0 Å². The van der Waals surface area contributed by atoms with Crippen molar-refractivity contribution >= 4 is 11.9 Å². The van der Waals surface area contributed by atoms with Crippen LogP contribution in [0.15, 0.2) is 42.7 Å². The lowest BCUT2D eigenvalue weighted by Gasteiger charge is -2.14. The van der Waals surface area contributed by atoms with E-state index < -0.39 is 30.8 Å². The van der Waals surface area contributed by atoms with E-state index in [1.54, 1.807) is 35.3 Å². The number of carbonyl (C=O) groups excluding carboxylic acids is 1. The van der Waals surface area contributed by atoms with Crippen LogP contribution in [0.3, 0.4) is 0 Å². The summed E-state index contributed by atoms with van der Waals surface area (Å²) >= 11 is 0. The zero-order valence-corrected chi connectivity index (χ0v) is 12.0. The fourth-order valence-corrected chi connectivity index (χ4v) is 1.98. The maximum absolute atomic E-state index is 12.3. The van der Waals surface area contributed by atoms with Gasteiger partial charge in [-0.15, -0.1) is 0 Å². The number of aliphatic carboxylic acids is 1. The summed E-state index contributed by atoms with van der Waals surface area (Å²) in [5, 5.41) is 15.0. The van der Waals surface area contributed by atoms with Crippen LogP contribution in [0.4, 0.5) is 8.78 Å². The second-order valence-corrected chi connectivity index (χ2v) is 4.89. The number of amides is 1. The molecule has 8 heteroatoms. The monoisotopic (exact) mass is 323 g/mol. The molecule has 122 valence electrons. The maximum atomic E-state index is 12.3. The van der Waals surface area contributed by atoms with E-state index in [4.69, 9.17) is 5.11 Å². The molecule has 23 heavy (non-hydrogen) atoms. The fourth-order valence-electron chi connectivity index (χ4n) is 1.98. The Morgan fingerprint density at radius 2 is 1.96 bits per heavy atom. The number of halogens is 2. The first-order valence-electron chi connectivity index (χ1n) is 6.84. The van der Waals surface area contributed by atoms with Crippen molar-refractivity contribution in [3.8, 4) is 0 Å². The summed E-state index contributed by atoms with van der Waals surface area (Å²) in [7, 11) is 0. The van der Waals surface area contributed by atoms with Gasteiger partial charge < -0.3 is 10.4 Å². The number of nitrogens with one attached hydrogen (secondary N) is 1. The van der Waals surface area contributed by atoms with Gasteiger partial charge in [-0.2, -0.15) is 5.10 Å². The standard InChI is InChI=1S/C15H15F2N3O3/c16-13(17)8-12(15(22)23)19-14(21)11-4-2-10(3-5-11)9-20-7-1-6-18-20/h1-7,12-13H,8-9H2,(H,19,21)(H,22,23). The predicted octanol–water partition coefficient (Wildman–Crippen LogP) is 1.77. The number of hydrogen-bond donors (Lipinski definition) is 2. The van der Waals surface area contributed by atoms with Gasteiger partial charge in [0.1, 0.15) is 6.04 Å². The molecule has 1 aromatic heterocycles. The number of benzene rings is 1. The molecule has 0 spiro atoms. The molecule has 0 bridgehead atoms. The Morgan fingerprint density at radius 3 is 2.48 bits per heavy atom. The van der Waals surface area contributed by atoms with Crippen molar-refractivity contribution in [3.05, 3.63) is 53.9 Å². The molecule has 0 aliphatic heterocycles. The first kappa shape index (κ1) is 16.6. The van der Waals surface area contributed by atoms with Gasteiger partial charge in [0, 0.05) is 24.4 Å². The minimum absolute atomic E-state index is 0.203. The van der Waals surface area contributed by atoms with Crippen molar-refractivity contribution in [3.63, 3.8) is 0 Å². The average molecular weight is 323 g/mol. The molecule has 0 radical (unpaired) electrons. The molecule has 0 aliphatic carbocycles. The maximum Gasteiger partial charge on any atom is 0.326 e. The topological polar surface area (TPSA) is 84.2 Å². The molecule has 1 atom stereocenters. The van der Waals surface area contributed by atoms with Crippen LogP contribution in [0, 0.1) is 0 Å². The van der Waals surface area contributed by atoms with Gasteiger partial charge in [-0.25, -0.2) is 13.6 Å². The van der Waals surface area contributed by atoms with E-state index in [-0.39, 0.29) is 5.56 Å². The van der Waals surface area contributed by atoms with Crippen LogP contribution < -0.4 is 5.32 Å². The van der Waals surface area contributed by atoms with Crippen LogP contribution in [0.1, 0.15) is 22.3 Å². The third-order valence-electron chi connectivity index (χ3n) is 3.14. The summed E-state index contributed by atoms with van der Waals surface area (Å²) in [6, 6.07) is 6.58. The highest BCUT2D eigenvalue weighted by Crippen LogP contribution is 2.09. The largest absolute Gasteiger partial charge is 0.480 e. The molecule has 1 aromatic carbocycles. The lowest BCUT2D eigenvalue weighted by atomic mass is 10.1. The molecule has 0 saturated carbocycles. The van der Waals surface area contributed by atoms with Gasteiger partial charge in [-0.1, -0.05) is 12.1 Å². The van der Waals surface area contributed by atoms with E-state index in [1.165, 1.54) is 12.1 Å². The van der Waals surface area contributed by atoms with Crippen LogP contribution in [0.5, 0.6) is 0 Å². The van der Waals surface area contributed by atoms with Crippen LogP contribution in [-0.4, -0.2) is 39.2 Å². The minimum atomic E-state index is -2.81. The average Bonchev–Trinajstić information content (AvgIpc) is 2.99. The number of carboxylic acids is 1. The van der Waals surface area contributed by atoms with E-state index in [0.29, 0.717) is 6.54 Å². The zero-order valence-electron chi connectivity index (χ0n) is 12.0. The van der Waals surface area contributed by atoms with Crippen LogP contribution in [-0.2, 0) is 11.3 Å². The van der Waals surface area contributed by atoms with Crippen molar-refractivity contribution in [2.24, 2.45) is 0 Å². The first-order valence-corrected chi connectivity index (χ1v) is 6.84. The van der Waals surface area contributed by atoms with Gasteiger partial charge in [0.2, 0.25) is 6.43 Å². The first-order chi connectivity index (χ1) is 11.0. The molecule has 1 heterocycles. The molecule has 6 nitrogen and oxygen atoms in total. The highest BCUT2D eigenvalue weighted by atomic mass is 19.3. The van der Waals surface area contributed by atoms with Gasteiger partial charge in [0.25, 0.3) is 5.91 Å². The second-order valence-electron chi connectivity index (χ2n) is 4.89. The summed E-state index contributed by atoms with van der Waals surface area (Å²) in [5.41, 5.74) is 1.10. The molecule has 1 amide bonds. The summed E-state index contributed by atoms with van der Waals surface area (Å²) < 4.78 is 26.3. The van der Waals surface area contributed by atoms with Crippen molar-refractivity contribution < 1.29 is 23.5 Å². The molecule has 0 saturated heterocycles. The summed E-state index contributed by atoms with van der Waals surface area (Å²) in [6.07, 6.45) is -0.301. The number of alkyl halides is 2. The van der Waals surface area contributed by atoms with Crippen LogP contribution >= 0.6 is 0 Å². The van der Waals surface area contributed by atoms with Gasteiger partial charge in [-0.3, -0.25) is 9.48 Å². The normalized spacial score (nSPS) is 12.1. The summed E-state index contributed by atoms with van der Waals surface area (Å²) in [6.45, 7) is 0.526. The third-order valence-corrected chi connectivity index (χ3v) is 3.14. The lowest BCUT2D eigenvalue weighted by molar-refractivity contribution is -0.140. The highest BCUT2D eigenvalue weighted by molar-refractivity contribution is 5.96. The van der Waals surface area contributed by atoms with E-state index in [1.807, 2.05) is 0 Å². The highest BCUT2D eigenvalue weighted by Gasteiger charge is 2.24. The van der Waals surface area contributed by atoms with Crippen molar-refractivity contribution in [2.75, 3.05) is 0 Å². The van der Waals surface area contributed by atoms with Gasteiger partial charge in [0.05, 0.1) is 6.54 Å². The number of carboxylic acid groups (broad SMARTS) is 1. The predicted molar refractivity (Wildman–Crippen MR) is 77.3 cm³/mol. The van der Waals surface area contributed by atoms with E-state index in [2.05, 4.69) is 10.4 Å². The molecule has 0 fully saturated rings. The van der Waals surface area contributed by atoms with Crippen LogP contribution in [0.2, 0.25) is 0 Å². The van der Waals surface area contributed by atoms with Crippen molar-refractivity contribution in [1.29, 1.82) is 0 Å². The smallest absolute Gasteiger partial charge is 0.326 e. The third kappa shape index (κ3) is 4.87. The van der Waals surface area contributed by atoms with E-state index >= 15 is 0 Å². The van der Waals surface area contributed by atoms with Gasteiger partial charge >= 0.3 is 5.97 Å². The number of hydrogen-bond acceptors (Lipinski definition) is 3. The molecular formula is C15H15F2N3O3. The molecule has 2 rings (SSSR count). The molecule has 1 unspecified atom stereocenters. The lowest BCUT2D eigenvalue weighted by Crippen LogP contribution is -2.42. The summed E-state index contributed by atoms with van der Waals surface area (Å²) in [4.78, 5) is 22.8. The number of aromatic nitrogens is 2. The summed E-state index contributed by atoms with van der Waals surface area (Å²) in [5.74, 6) is -2.20. The Kier molecular flexibility index (Phi) is 5.40. The molecule has 2 N–H and O–H groups in total. The Morgan fingerprint density at radius 1 is 1.26 bits per heavy atom. The van der Waals surface area contributed by atoms with Crippen LogP contribution in [0.25, 0.3) is 0 Å². The zero-order chi connectivity index (χ0) is 16.8. The Labute approximate surface area is 130 Å². The minimum Gasteiger partial charge on any atom is -0.480 e. The Bertz CT molecular complexity index is 657. The molecule has 2 aromatic rings. The molecule has 0 aliphatic rings. The number of nitrogens with zero attached hydrogens (tertiary/aromatic N) is 2. The number of rotatable bonds is 7. The Hall–Kier alpha value is -2.77. The van der Waals surface area contributed by atoms with Crippen molar-refractivity contribution in [2.45, 2.75) is 25.4 Å².